The van der Waals surface area contributed by atoms with Gasteiger partial charge in [-0.1, -0.05) is 13.0 Å². The van der Waals surface area contributed by atoms with E-state index in [0.717, 1.165) is 19.4 Å². The largest absolute Gasteiger partial charge is 0.481 e. The van der Waals surface area contributed by atoms with E-state index < -0.39 is 10.0 Å². The van der Waals surface area contributed by atoms with Crippen LogP contribution in [0, 0.1) is 0 Å². The van der Waals surface area contributed by atoms with Crippen LogP contribution in [0.15, 0.2) is 35.4 Å². The molecule has 2 heterocycles. The lowest BCUT2D eigenvalue weighted by Crippen LogP contribution is -2.43. The minimum Gasteiger partial charge on any atom is -0.481 e. The molecule has 1 aromatic carbocycles. The van der Waals surface area contributed by atoms with Crippen LogP contribution in [-0.2, 0) is 10.0 Å². The standard InChI is InChI=1S/C17H23N3O3S/c1-3-13-12-18-9-5-11-20(13)24(21,22)16-7-4-6-15-14(16)8-10-19-17(15)23-2/h4,6-8,10,13,18H,3,5,9,11-12H2,1-2H3/t13-/m1/s1. The highest BCUT2D eigenvalue weighted by Gasteiger charge is 2.32. The number of benzene rings is 1. The Hall–Kier alpha value is -1.70. The van der Waals surface area contributed by atoms with Gasteiger partial charge in [0.1, 0.15) is 0 Å². The van der Waals surface area contributed by atoms with Crippen LogP contribution in [0.25, 0.3) is 10.8 Å². The van der Waals surface area contributed by atoms with Crippen molar-refractivity contribution in [2.75, 3.05) is 26.7 Å². The average molecular weight is 349 g/mol. The summed E-state index contributed by atoms with van der Waals surface area (Å²) in [6, 6.07) is 6.96. The van der Waals surface area contributed by atoms with Gasteiger partial charge < -0.3 is 10.1 Å². The van der Waals surface area contributed by atoms with Gasteiger partial charge in [-0.25, -0.2) is 13.4 Å². The number of hydrogen-bond acceptors (Lipinski definition) is 5. The number of nitrogens with one attached hydrogen (secondary N) is 1. The van der Waals surface area contributed by atoms with Crippen molar-refractivity contribution in [1.29, 1.82) is 0 Å². The summed E-state index contributed by atoms with van der Waals surface area (Å²) in [6.45, 7) is 4.09. The summed E-state index contributed by atoms with van der Waals surface area (Å²) >= 11 is 0. The Morgan fingerprint density at radius 3 is 2.92 bits per heavy atom. The number of fused-ring (bicyclic) bond motifs is 1. The smallest absolute Gasteiger partial charge is 0.243 e. The summed E-state index contributed by atoms with van der Waals surface area (Å²) in [5.74, 6) is 0.439. The van der Waals surface area contributed by atoms with Crippen molar-refractivity contribution < 1.29 is 13.2 Å². The Bertz CT molecular complexity index is 823. The minimum absolute atomic E-state index is 0.0310. The lowest BCUT2D eigenvalue weighted by molar-refractivity contribution is 0.327. The van der Waals surface area contributed by atoms with Gasteiger partial charge in [0.05, 0.1) is 12.0 Å². The van der Waals surface area contributed by atoms with Gasteiger partial charge in [-0.3, -0.25) is 0 Å². The molecule has 1 N–H and O–H groups in total. The molecule has 1 fully saturated rings. The number of hydrogen-bond donors (Lipinski definition) is 1. The van der Waals surface area contributed by atoms with Crippen molar-refractivity contribution in [1.82, 2.24) is 14.6 Å². The summed E-state index contributed by atoms with van der Waals surface area (Å²) in [4.78, 5) is 4.49. The predicted molar refractivity (Wildman–Crippen MR) is 93.8 cm³/mol. The number of nitrogens with zero attached hydrogens (tertiary/aromatic N) is 2. The van der Waals surface area contributed by atoms with Gasteiger partial charge in [-0.2, -0.15) is 4.31 Å². The summed E-state index contributed by atoms with van der Waals surface area (Å²) in [7, 11) is -2.05. The summed E-state index contributed by atoms with van der Waals surface area (Å²) < 4.78 is 33.6. The van der Waals surface area contributed by atoms with E-state index in [0.29, 0.717) is 34.6 Å². The van der Waals surface area contributed by atoms with Crippen LogP contribution >= 0.6 is 0 Å². The number of ether oxygens (including phenoxy) is 1. The molecule has 130 valence electrons. The topological polar surface area (TPSA) is 71.5 Å². The fraction of sp³-hybridized carbons (Fsp3) is 0.471. The molecule has 1 aromatic heterocycles. The molecule has 0 radical (unpaired) electrons. The fourth-order valence-corrected chi connectivity index (χ4v) is 5.19. The van der Waals surface area contributed by atoms with Crippen LogP contribution in [0.3, 0.4) is 0 Å². The van der Waals surface area contributed by atoms with Gasteiger partial charge in [-0.15, -0.1) is 0 Å². The predicted octanol–water partition coefficient (Wildman–Crippen LogP) is 2.01. The lowest BCUT2D eigenvalue weighted by Gasteiger charge is -2.28. The first kappa shape index (κ1) is 17.1. The minimum atomic E-state index is -3.59. The van der Waals surface area contributed by atoms with Gasteiger partial charge >= 0.3 is 0 Å². The van der Waals surface area contributed by atoms with Gasteiger partial charge in [0.15, 0.2) is 0 Å². The molecular weight excluding hydrogens is 326 g/mol. The Morgan fingerprint density at radius 1 is 1.33 bits per heavy atom. The number of aromatic nitrogens is 1. The molecule has 1 aliphatic rings. The van der Waals surface area contributed by atoms with Crippen LogP contribution in [0.1, 0.15) is 19.8 Å². The third kappa shape index (κ3) is 2.99. The van der Waals surface area contributed by atoms with Crippen LogP contribution in [0.5, 0.6) is 5.88 Å². The maximum absolute atomic E-state index is 13.4. The molecule has 2 aromatic rings. The lowest BCUT2D eigenvalue weighted by atomic mass is 10.2. The third-order valence-corrected chi connectivity index (χ3v) is 6.51. The second kappa shape index (κ2) is 7.04. The summed E-state index contributed by atoms with van der Waals surface area (Å²) in [6.07, 6.45) is 3.18. The van der Waals surface area contributed by atoms with Crippen LogP contribution in [-0.4, -0.2) is 50.5 Å². The molecule has 7 heteroatoms. The molecule has 24 heavy (non-hydrogen) atoms. The first-order valence-electron chi connectivity index (χ1n) is 8.24. The Kier molecular flexibility index (Phi) is 5.03. The maximum atomic E-state index is 13.4. The molecule has 0 spiro atoms. The zero-order valence-corrected chi connectivity index (χ0v) is 14.8. The van der Waals surface area contributed by atoms with Crippen molar-refractivity contribution in [3.05, 3.63) is 30.5 Å². The molecule has 1 atom stereocenters. The van der Waals surface area contributed by atoms with Crippen LogP contribution in [0.4, 0.5) is 0 Å². The molecular formula is C17H23N3O3S. The second-order valence-corrected chi connectivity index (χ2v) is 7.77. The van der Waals surface area contributed by atoms with E-state index in [9.17, 15) is 8.42 Å². The normalized spacial score (nSPS) is 20.0. The highest BCUT2D eigenvalue weighted by atomic mass is 32.2. The maximum Gasteiger partial charge on any atom is 0.243 e. The summed E-state index contributed by atoms with van der Waals surface area (Å²) in [5, 5.41) is 4.68. The molecule has 6 nitrogen and oxygen atoms in total. The zero-order valence-electron chi connectivity index (χ0n) is 14.0. The highest BCUT2D eigenvalue weighted by Crippen LogP contribution is 2.31. The van der Waals surface area contributed by atoms with E-state index in [-0.39, 0.29) is 6.04 Å². The van der Waals surface area contributed by atoms with Gasteiger partial charge in [0.25, 0.3) is 0 Å². The van der Waals surface area contributed by atoms with Gasteiger partial charge in [-0.05, 0) is 37.6 Å². The van der Waals surface area contributed by atoms with Gasteiger partial charge in [0, 0.05) is 36.1 Å². The van der Waals surface area contributed by atoms with E-state index in [4.69, 9.17) is 4.74 Å². The monoisotopic (exact) mass is 349 g/mol. The second-order valence-electron chi connectivity index (χ2n) is 5.91. The molecule has 0 unspecified atom stereocenters. The van der Waals surface area contributed by atoms with Crippen molar-refractivity contribution in [3.63, 3.8) is 0 Å². The van der Waals surface area contributed by atoms with Crippen LogP contribution < -0.4 is 10.1 Å². The first-order valence-corrected chi connectivity index (χ1v) is 9.68. The molecule has 3 rings (SSSR count). The van der Waals surface area contributed by atoms with E-state index >= 15 is 0 Å². The number of rotatable bonds is 4. The van der Waals surface area contributed by atoms with Crippen molar-refractivity contribution >= 4 is 20.8 Å². The third-order valence-electron chi connectivity index (χ3n) is 4.50. The van der Waals surface area contributed by atoms with Crippen molar-refractivity contribution in [3.8, 4) is 5.88 Å². The quantitative estimate of drug-likeness (QED) is 0.914. The Balaban J connectivity index is 2.14. The SMILES string of the molecule is CC[C@@H]1CNCCCN1S(=O)(=O)c1cccc2c(OC)nccc12. The molecule has 0 aliphatic carbocycles. The number of sulfonamides is 1. The molecule has 0 saturated carbocycles. The van der Waals surface area contributed by atoms with E-state index in [1.165, 1.54) is 7.11 Å². The first-order chi connectivity index (χ1) is 11.6. The summed E-state index contributed by atoms with van der Waals surface area (Å²) in [5.41, 5.74) is 0. The molecule has 0 bridgehead atoms. The molecule has 1 saturated heterocycles. The van der Waals surface area contributed by atoms with Crippen molar-refractivity contribution in [2.45, 2.75) is 30.7 Å². The Morgan fingerprint density at radius 2 is 2.17 bits per heavy atom. The Labute approximate surface area is 142 Å². The van der Waals surface area contributed by atoms with Crippen molar-refractivity contribution in [2.24, 2.45) is 0 Å². The zero-order chi connectivity index (χ0) is 17.2. The molecule has 0 amide bonds. The highest BCUT2D eigenvalue weighted by molar-refractivity contribution is 7.89. The average Bonchev–Trinajstić information content (AvgIpc) is 2.86. The van der Waals surface area contributed by atoms with Gasteiger partial charge in [0.2, 0.25) is 15.9 Å². The molecule has 1 aliphatic heterocycles. The fourth-order valence-electron chi connectivity index (χ4n) is 3.24. The van der Waals surface area contributed by atoms with E-state index in [1.807, 2.05) is 13.0 Å². The van der Waals surface area contributed by atoms with Crippen LogP contribution in [0.2, 0.25) is 0 Å². The van der Waals surface area contributed by atoms with E-state index in [1.54, 1.807) is 28.7 Å². The number of pyridine rings is 1. The van der Waals surface area contributed by atoms with E-state index in [2.05, 4.69) is 10.3 Å². The number of methoxy groups -OCH3 is 1.